The Hall–Kier alpha value is -1.76. The van der Waals surface area contributed by atoms with Crippen LogP contribution < -0.4 is 5.32 Å². The zero-order valence-corrected chi connectivity index (χ0v) is 14.2. The van der Waals surface area contributed by atoms with Gasteiger partial charge in [-0.3, -0.25) is 4.79 Å². The van der Waals surface area contributed by atoms with Crippen molar-refractivity contribution in [3.63, 3.8) is 0 Å². The van der Waals surface area contributed by atoms with Crippen LogP contribution in [0.2, 0.25) is 5.02 Å². The van der Waals surface area contributed by atoms with E-state index in [1.165, 1.54) is 0 Å². The number of amides is 1. The van der Waals surface area contributed by atoms with Gasteiger partial charge in [-0.1, -0.05) is 40.4 Å². The van der Waals surface area contributed by atoms with Crippen LogP contribution in [0.3, 0.4) is 0 Å². The second-order valence-corrected chi connectivity index (χ2v) is 6.44. The number of hydrogen-bond donors (Lipinski definition) is 1. The lowest BCUT2D eigenvalue weighted by molar-refractivity contribution is 0.103. The number of nitrogens with zero attached hydrogens (tertiary/aromatic N) is 2. The molecule has 4 nitrogen and oxygen atoms in total. The molecule has 0 aliphatic carbocycles. The van der Waals surface area contributed by atoms with E-state index in [0.717, 1.165) is 21.6 Å². The fraction of sp³-hybridized carbons (Fsp3) is 0. The fourth-order valence-corrected chi connectivity index (χ4v) is 2.97. The topological polar surface area (TPSA) is 54.9 Å². The number of nitrogens with one attached hydrogen (secondary N) is 1. The van der Waals surface area contributed by atoms with E-state index in [1.807, 2.05) is 36.4 Å². The molecule has 3 rings (SSSR count). The summed E-state index contributed by atoms with van der Waals surface area (Å²) in [6.07, 6.45) is 0. The van der Waals surface area contributed by atoms with Gasteiger partial charge in [0.05, 0.1) is 5.69 Å². The average Bonchev–Trinajstić information content (AvgIpc) is 3.00. The van der Waals surface area contributed by atoms with Gasteiger partial charge in [-0.25, -0.2) is 0 Å². The lowest BCUT2D eigenvalue weighted by Gasteiger charge is -2.06. The van der Waals surface area contributed by atoms with Gasteiger partial charge in [0.1, 0.15) is 10.6 Å². The van der Waals surface area contributed by atoms with Crippen molar-refractivity contribution in [3.05, 3.63) is 62.9 Å². The van der Waals surface area contributed by atoms with Crippen molar-refractivity contribution in [1.29, 1.82) is 0 Å². The Morgan fingerprint density at radius 3 is 2.59 bits per heavy atom. The molecule has 2 aromatic carbocycles. The largest absolute Gasteiger partial charge is 0.320 e. The number of aromatic nitrogens is 2. The molecule has 3 aromatic rings. The molecule has 1 heterocycles. The van der Waals surface area contributed by atoms with E-state index in [1.54, 1.807) is 12.1 Å². The highest BCUT2D eigenvalue weighted by molar-refractivity contribution is 9.10. The highest BCUT2D eigenvalue weighted by atomic mass is 79.9. The van der Waals surface area contributed by atoms with E-state index < -0.39 is 0 Å². The van der Waals surface area contributed by atoms with E-state index in [2.05, 4.69) is 30.8 Å². The van der Waals surface area contributed by atoms with Crippen LogP contribution in [0.5, 0.6) is 0 Å². The molecule has 1 aromatic heterocycles. The van der Waals surface area contributed by atoms with E-state index >= 15 is 0 Å². The van der Waals surface area contributed by atoms with Crippen LogP contribution in [-0.2, 0) is 0 Å². The molecule has 0 saturated carbocycles. The average molecular weight is 395 g/mol. The molecule has 0 radical (unpaired) electrons. The quantitative estimate of drug-likeness (QED) is 0.689. The predicted molar refractivity (Wildman–Crippen MR) is 92.5 cm³/mol. The summed E-state index contributed by atoms with van der Waals surface area (Å²) in [4.78, 5) is 12.9. The molecule has 7 heteroatoms. The summed E-state index contributed by atoms with van der Waals surface area (Å²) in [6, 6.07) is 14.6. The standard InChI is InChI=1S/C15H9BrClN3OS/c16-11-3-1-2-4-12(11)18-15(21)14-13(19-20-22-14)9-5-7-10(17)8-6-9/h1-8H,(H,18,21). The molecule has 0 unspecified atom stereocenters. The summed E-state index contributed by atoms with van der Waals surface area (Å²) >= 11 is 10.3. The van der Waals surface area contributed by atoms with Crippen molar-refractivity contribution in [2.24, 2.45) is 0 Å². The minimum atomic E-state index is -0.244. The first-order valence-electron chi connectivity index (χ1n) is 6.29. The summed E-state index contributed by atoms with van der Waals surface area (Å²) in [5.41, 5.74) is 2.05. The molecule has 0 aliphatic rings. The number of anilines is 1. The summed E-state index contributed by atoms with van der Waals surface area (Å²) in [6.45, 7) is 0. The maximum absolute atomic E-state index is 12.5. The lowest BCUT2D eigenvalue weighted by atomic mass is 10.1. The van der Waals surface area contributed by atoms with Crippen LogP contribution in [0.25, 0.3) is 11.3 Å². The van der Waals surface area contributed by atoms with Gasteiger partial charge in [-0.2, -0.15) is 0 Å². The third-order valence-corrected chi connectivity index (χ3v) is 4.60. The number of benzene rings is 2. The molecule has 110 valence electrons. The van der Waals surface area contributed by atoms with Gasteiger partial charge in [0.25, 0.3) is 5.91 Å². The Balaban J connectivity index is 1.90. The minimum Gasteiger partial charge on any atom is -0.320 e. The Morgan fingerprint density at radius 2 is 1.86 bits per heavy atom. The fourth-order valence-electron chi connectivity index (χ4n) is 1.88. The summed E-state index contributed by atoms with van der Waals surface area (Å²) < 4.78 is 4.71. The third-order valence-electron chi connectivity index (χ3n) is 2.93. The van der Waals surface area contributed by atoms with Crippen LogP contribution in [-0.4, -0.2) is 15.5 Å². The zero-order chi connectivity index (χ0) is 15.5. The number of carbonyl (C=O) groups is 1. The Morgan fingerprint density at radius 1 is 1.14 bits per heavy atom. The highest BCUT2D eigenvalue weighted by Crippen LogP contribution is 2.27. The zero-order valence-electron chi connectivity index (χ0n) is 11.1. The molecule has 0 spiro atoms. The van der Waals surface area contributed by atoms with Crippen LogP contribution >= 0.6 is 39.1 Å². The van der Waals surface area contributed by atoms with Crippen molar-refractivity contribution in [1.82, 2.24) is 9.59 Å². The molecular formula is C15H9BrClN3OS. The van der Waals surface area contributed by atoms with Gasteiger partial charge in [0.15, 0.2) is 0 Å². The highest BCUT2D eigenvalue weighted by Gasteiger charge is 2.18. The predicted octanol–water partition coefficient (Wildman–Crippen LogP) is 4.87. The lowest BCUT2D eigenvalue weighted by Crippen LogP contribution is -2.11. The molecule has 0 atom stereocenters. The van der Waals surface area contributed by atoms with Crippen molar-refractivity contribution < 1.29 is 4.79 Å². The van der Waals surface area contributed by atoms with Crippen molar-refractivity contribution in [3.8, 4) is 11.3 Å². The van der Waals surface area contributed by atoms with Gasteiger partial charge in [-0.05, 0) is 51.7 Å². The summed E-state index contributed by atoms with van der Waals surface area (Å²) in [5, 5.41) is 7.54. The van der Waals surface area contributed by atoms with E-state index in [-0.39, 0.29) is 5.91 Å². The first-order chi connectivity index (χ1) is 10.6. The Bertz CT molecular complexity index is 820. The number of halogens is 2. The first kappa shape index (κ1) is 15.1. The van der Waals surface area contributed by atoms with Gasteiger partial charge in [0, 0.05) is 15.1 Å². The van der Waals surface area contributed by atoms with Crippen LogP contribution in [0.4, 0.5) is 5.69 Å². The number of hydrogen-bond acceptors (Lipinski definition) is 4. The van der Waals surface area contributed by atoms with Gasteiger partial charge < -0.3 is 5.32 Å². The molecular weight excluding hydrogens is 386 g/mol. The minimum absolute atomic E-state index is 0.244. The Kier molecular flexibility index (Phi) is 4.52. The van der Waals surface area contributed by atoms with Gasteiger partial charge in [-0.15, -0.1) is 5.10 Å². The Labute approximate surface area is 144 Å². The summed E-state index contributed by atoms with van der Waals surface area (Å²) in [5.74, 6) is -0.244. The first-order valence-corrected chi connectivity index (χ1v) is 8.24. The molecule has 0 fully saturated rings. The molecule has 22 heavy (non-hydrogen) atoms. The monoisotopic (exact) mass is 393 g/mol. The number of para-hydroxylation sites is 1. The van der Waals surface area contributed by atoms with Crippen molar-refractivity contribution in [2.45, 2.75) is 0 Å². The SMILES string of the molecule is O=C(Nc1ccccc1Br)c1snnc1-c1ccc(Cl)cc1. The normalized spacial score (nSPS) is 10.5. The van der Waals surface area contributed by atoms with E-state index in [9.17, 15) is 4.79 Å². The maximum atomic E-state index is 12.5. The molecule has 0 bridgehead atoms. The third kappa shape index (κ3) is 3.19. The molecule has 1 N–H and O–H groups in total. The van der Waals surface area contributed by atoms with E-state index in [0.29, 0.717) is 21.3 Å². The molecule has 1 amide bonds. The van der Waals surface area contributed by atoms with Crippen LogP contribution in [0.15, 0.2) is 53.0 Å². The van der Waals surface area contributed by atoms with Crippen molar-refractivity contribution in [2.75, 3.05) is 5.32 Å². The van der Waals surface area contributed by atoms with E-state index in [4.69, 9.17) is 11.6 Å². The van der Waals surface area contributed by atoms with Gasteiger partial charge >= 0.3 is 0 Å². The summed E-state index contributed by atoms with van der Waals surface area (Å²) in [7, 11) is 0. The number of carbonyl (C=O) groups excluding carboxylic acids is 1. The van der Waals surface area contributed by atoms with Crippen molar-refractivity contribution >= 4 is 50.7 Å². The van der Waals surface area contributed by atoms with Crippen LogP contribution in [0.1, 0.15) is 9.67 Å². The second kappa shape index (κ2) is 6.56. The second-order valence-electron chi connectivity index (χ2n) is 4.39. The number of rotatable bonds is 3. The molecule has 0 saturated heterocycles. The smallest absolute Gasteiger partial charge is 0.269 e. The van der Waals surface area contributed by atoms with Crippen LogP contribution in [0, 0.1) is 0 Å². The maximum Gasteiger partial charge on any atom is 0.269 e. The molecule has 0 aliphatic heterocycles. The van der Waals surface area contributed by atoms with Gasteiger partial charge in [0.2, 0.25) is 0 Å².